The van der Waals surface area contributed by atoms with Crippen LogP contribution in [0.2, 0.25) is 0 Å². The van der Waals surface area contributed by atoms with Gasteiger partial charge in [-0.15, -0.1) is 0 Å². The van der Waals surface area contributed by atoms with Gasteiger partial charge in [0.05, 0.1) is 6.10 Å². The van der Waals surface area contributed by atoms with E-state index >= 15 is 0 Å². The Morgan fingerprint density at radius 1 is 1.42 bits per heavy atom. The van der Waals surface area contributed by atoms with Crippen molar-refractivity contribution in [1.82, 2.24) is 5.43 Å². The van der Waals surface area contributed by atoms with Crippen LogP contribution in [0.3, 0.4) is 0 Å². The molecule has 1 aromatic rings. The maximum Gasteiger partial charge on any atom is 0.0576 e. The Morgan fingerprint density at radius 2 is 2.26 bits per heavy atom. The molecule has 0 aliphatic carbocycles. The molecule has 1 aliphatic heterocycles. The Morgan fingerprint density at radius 3 is 2.95 bits per heavy atom. The summed E-state index contributed by atoms with van der Waals surface area (Å²) in [5.41, 5.74) is 5.72. The van der Waals surface area contributed by atoms with Crippen molar-refractivity contribution < 1.29 is 4.74 Å². The molecule has 1 heterocycles. The van der Waals surface area contributed by atoms with Gasteiger partial charge in [0, 0.05) is 12.6 Å². The minimum absolute atomic E-state index is 0.262. The minimum Gasteiger partial charge on any atom is -0.378 e. The summed E-state index contributed by atoms with van der Waals surface area (Å²) >= 11 is 0. The second kappa shape index (κ2) is 7.63. The van der Waals surface area contributed by atoms with Gasteiger partial charge in [-0.1, -0.05) is 31.2 Å². The fourth-order valence-corrected chi connectivity index (χ4v) is 2.95. The highest BCUT2D eigenvalue weighted by Crippen LogP contribution is 2.25. The number of hydrazine groups is 1. The van der Waals surface area contributed by atoms with E-state index < -0.39 is 0 Å². The SMILES string of the molecule is CCc1ccccc1C(CCCC1CCCO1)NN. The number of ether oxygens (including phenoxy) is 1. The average Bonchev–Trinajstić information content (AvgIpc) is 2.97. The van der Waals surface area contributed by atoms with Crippen LogP contribution in [0.4, 0.5) is 0 Å². The minimum atomic E-state index is 0.262. The number of rotatable bonds is 7. The van der Waals surface area contributed by atoms with Crippen molar-refractivity contribution in [2.24, 2.45) is 5.84 Å². The monoisotopic (exact) mass is 262 g/mol. The topological polar surface area (TPSA) is 47.3 Å². The first-order valence-electron chi connectivity index (χ1n) is 7.50. The molecule has 3 nitrogen and oxygen atoms in total. The first-order chi connectivity index (χ1) is 9.35. The summed E-state index contributed by atoms with van der Waals surface area (Å²) in [4.78, 5) is 0. The fourth-order valence-electron chi connectivity index (χ4n) is 2.95. The first-order valence-corrected chi connectivity index (χ1v) is 7.50. The molecule has 0 aromatic heterocycles. The summed E-state index contributed by atoms with van der Waals surface area (Å²) in [5, 5.41) is 0. The molecule has 2 rings (SSSR count). The molecule has 2 atom stereocenters. The Labute approximate surface area is 116 Å². The van der Waals surface area contributed by atoms with Crippen molar-refractivity contribution in [3.63, 3.8) is 0 Å². The van der Waals surface area contributed by atoms with Crippen LogP contribution in [-0.4, -0.2) is 12.7 Å². The molecule has 1 saturated heterocycles. The van der Waals surface area contributed by atoms with E-state index in [1.807, 2.05) is 0 Å². The van der Waals surface area contributed by atoms with Crippen molar-refractivity contribution in [1.29, 1.82) is 0 Å². The Hall–Kier alpha value is -0.900. The van der Waals surface area contributed by atoms with Gasteiger partial charge >= 0.3 is 0 Å². The molecular formula is C16H26N2O. The van der Waals surface area contributed by atoms with E-state index in [2.05, 4.69) is 36.6 Å². The highest BCUT2D eigenvalue weighted by molar-refractivity contribution is 5.29. The molecule has 2 unspecified atom stereocenters. The van der Waals surface area contributed by atoms with Crippen molar-refractivity contribution in [2.45, 2.75) is 57.6 Å². The van der Waals surface area contributed by atoms with Crippen LogP contribution in [0, 0.1) is 0 Å². The van der Waals surface area contributed by atoms with Crippen LogP contribution in [0.1, 0.15) is 56.2 Å². The van der Waals surface area contributed by atoms with Gasteiger partial charge < -0.3 is 4.74 Å². The predicted molar refractivity (Wildman–Crippen MR) is 78.7 cm³/mol. The lowest BCUT2D eigenvalue weighted by molar-refractivity contribution is 0.101. The number of nitrogens with two attached hydrogens (primary N) is 1. The highest BCUT2D eigenvalue weighted by atomic mass is 16.5. The summed E-state index contributed by atoms with van der Waals surface area (Å²) in [6, 6.07) is 8.84. The summed E-state index contributed by atoms with van der Waals surface area (Å²) in [5.74, 6) is 5.74. The first kappa shape index (κ1) is 14.5. The molecule has 1 aliphatic rings. The predicted octanol–water partition coefficient (Wildman–Crippen LogP) is 3.10. The lowest BCUT2D eigenvalue weighted by Crippen LogP contribution is -2.29. The van der Waals surface area contributed by atoms with Crippen LogP contribution >= 0.6 is 0 Å². The molecule has 1 fully saturated rings. The van der Waals surface area contributed by atoms with E-state index in [0.29, 0.717) is 6.10 Å². The highest BCUT2D eigenvalue weighted by Gasteiger charge is 2.17. The molecule has 106 valence electrons. The third-order valence-corrected chi connectivity index (χ3v) is 4.06. The van der Waals surface area contributed by atoms with E-state index in [4.69, 9.17) is 10.6 Å². The molecule has 19 heavy (non-hydrogen) atoms. The second-order valence-electron chi connectivity index (χ2n) is 5.34. The van der Waals surface area contributed by atoms with Gasteiger partial charge in [0.25, 0.3) is 0 Å². The Balaban J connectivity index is 1.88. The molecular weight excluding hydrogens is 236 g/mol. The molecule has 3 heteroatoms. The van der Waals surface area contributed by atoms with E-state index in [0.717, 1.165) is 32.3 Å². The van der Waals surface area contributed by atoms with E-state index in [-0.39, 0.29) is 6.04 Å². The van der Waals surface area contributed by atoms with Crippen LogP contribution in [0.25, 0.3) is 0 Å². The quantitative estimate of drug-likeness (QED) is 0.586. The van der Waals surface area contributed by atoms with Crippen LogP contribution in [-0.2, 0) is 11.2 Å². The lowest BCUT2D eigenvalue weighted by Gasteiger charge is -2.20. The van der Waals surface area contributed by atoms with E-state index in [1.165, 1.54) is 24.0 Å². The standard InChI is InChI=1S/C16H26N2O/c1-2-13-7-3-4-10-15(13)16(18-17)11-5-8-14-9-6-12-19-14/h3-4,7,10,14,16,18H,2,5-6,8-9,11-12,17H2,1H3. The van der Waals surface area contributed by atoms with Gasteiger partial charge in [-0.05, 0) is 49.7 Å². The van der Waals surface area contributed by atoms with Gasteiger partial charge in [0.1, 0.15) is 0 Å². The average molecular weight is 262 g/mol. The van der Waals surface area contributed by atoms with Crippen molar-refractivity contribution >= 4 is 0 Å². The number of aryl methyl sites for hydroxylation is 1. The third kappa shape index (κ3) is 4.03. The number of benzene rings is 1. The Kier molecular flexibility index (Phi) is 5.83. The van der Waals surface area contributed by atoms with Gasteiger partial charge in [-0.3, -0.25) is 11.3 Å². The van der Waals surface area contributed by atoms with E-state index in [1.54, 1.807) is 0 Å². The maximum atomic E-state index is 5.74. The largest absolute Gasteiger partial charge is 0.378 e. The normalized spacial score (nSPS) is 20.6. The summed E-state index contributed by atoms with van der Waals surface area (Å²) in [7, 11) is 0. The zero-order chi connectivity index (χ0) is 13.5. The molecule has 0 amide bonds. The van der Waals surface area contributed by atoms with Crippen LogP contribution in [0.15, 0.2) is 24.3 Å². The van der Waals surface area contributed by atoms with Gasteiger partial charge in [-0.25, -0.2) is 0 Å². The molecule has 1 aromatic carbocycles. The zero-order valence-corrected chi connectivity index (χ0v) is 11.9. The van der Waals surface area contributed by atoms with Gasteiger partial charge in [-0.2, -0.15) is 0 Å². The Bertz CT molecular complexity index is 375. The van der Waals surface area contributed by atoms with Crippen LogP contribution < -0.4 is 11.3 Å². The van der Waals surface area contributed by atoms with Crippen LogP contribution in [0.5, 0.6) is 0 Å². The third-order valence-electron chi connectivity index (χ3n) is 4.06. The van der Waals surface area contributed by atoms with Gasteiger partial charge in [0.2, 0.25) is 0 Å². The molecule has 3 N–H and O–H groups in total. The van der Waals surface area contributed by atoms with E-state index in [9.17, 15) is 0 Å². The molecule has 0 spiro atoms. The summed E-state index contributed by atoms with van der Waals surface area (Å²) in [6.45, 7) is 3.14. The van der Waals surface area contributed by atoms with Crippen molar-refractivity contribution in [3.05, 3.63) is 35.4 Å². The summed E-state index contributed by atoms with van der Waals surface area (Å²) in [6.07, 6.45) is 7.39. The fraction of sp³-hybridized carbons (Fsp3) is 0.625. The smallest absolute Gasteiger partial charge is 0.0576 e. The zero-order valence-electron chi connectivity index (χ0n) is 11.9. The lowest BCUT2D eigenvalue weighted by atomic mass is 9.94. The summed E-state index contributed by atoms with van der Waals surface area (Å²) < 4.78 is 5.67. The number of hydrogen-bond donors (Lipinski definition) is 2. The molecule has 0 radical (unpaired) electrons. The van der Waals surface area contributed by atoms with Crippen molar-refractivity contribution in [2.75, 3.05) is 6.61 Å². The maximum absolute atomic E-state index is 5.74. The number of nitrogens with one attached hydrogen (secondary N) is 1. The second-order valence-corrected chi connectivity index (χ2v) is 5.34. The molecule has 0 saturated carbocycles. The van der Waals surface area contributed by atoms with Gasteiger partial charge in [0.15, 0.2) is 0 Å². The molecule has 0 bridgehead atoms. The van der Waals surface area contributed by atoms with Crippen molar-refractivity contribution in [3.8, 4) is 0 Å². The number of hydrogen-bond acceptors (Lipinski definition) is 3.